The van der Waals surface area contributed by atoms with Crippen LogP contribution in [-0.4, -0.2) is 25.7 Å². The van der Waals surface area contributed by atoms with Crippen LogP contribution in [0.4, 0.5) is 0 Å². The van der Waals surface area contributed by atoms with E-state index in [0.29, 0.717) is 10.7 Å². The van der Waals surface area contributed by atoms with E-state index in [1.54, 1.807) is 10.7 Å². The molecule has 4 rings (SSSR count). The SMILES string of the molecule is O=C(O)c1cnn2c(-c3cccc(-c4cccc(Cl)c4)c3)ccnc12. The molecule has 25 heavy (non-hydrogen) atoms. The molecule has 0 fully saturated rings. The lowest BCUT2D eigenvalue weighted by Gasteiger charge is -2.08. The van der Waals surface area contributed by atoms with Gasteiger partial charge in [-0.15, -0.1) is 0 Å². The number of hydrogen-bond acceptors (Lipinski definition) is 3. The van der Waals surface area contributed by atoms with Crippen LogP contribution in [0.2, 0.25) is 5.02 Å². The van der Waals surface area contributed by atoms with E-state index in [-0.39, 0.29) is 5.56 Å². The van der Waals surface area contributed by atoms with Gasteiger partial charge in [0.1, 0.15) is 5.56 Å². The van der Waals surface area contributed by atoms with E-state index in [4.69, 9.17) is 11.6 Å². The molecule has 1 N–H and O–H groups in total. The summed E-state index contributed by atoms with van der Waals surface area (Å²) in [7, 11) is 0. The number of halogens is 1. The van der Waals surface area contributed by atoms with Gasteiger partial charge in [0.25, 0.3) is 0 Å². The summed E-state index contributed by atoms with van der Waals surface area (Å²) < 4.78 is 1.54. The second-order valence-corrected chi connectivity index (χ2v) is 5.96. The quantitative estimate of drug-likeness (QED) is 0.594. The molecule has 2 aromatic carbocycles. The Kier molecular flexibility index (Phi) is 3.71. The van der Waals surface area contributed by atoms with Crippen molar-refractivity contribution in [3.05, 3.63) is 77.6 Å². The number of aromatic nitrogens is 3. The summed E-state index contributed by atoms with van der Waals surface area (Å²) in [5.74, 6) is -1.05. The molecule has 122 valence electrons. The van der Waals surface area contributed by atoms with E-state index in [1.807, 2.05) is 54.6 Å². The third-order valence-electron chi connectivity index (χ3n) is 3.95. The second kappa shape index (κ2) is 6.03. The lowest BCUT2D eigenvalue weighted by Crippen LogP contribution is -1.99. The first-order chi connectivity index (χ1) is 12.1. The average Bonchev–Trinajstić information content (AvgIpc) is 3.06. The van der Waals surface area contributed by atoms with Crippen LogP contribution < -0.4 is 0 Å². The predicted molar refractivity (Wildman–Crippen MR) is 95.8 cm³/mol. The molecule has 0 aliphatic carbocycles. The number of aromatic carboxylic acids is 1. The summed E-state index contributed by atoms with van der Waals surface area (Å²) in [6.45, 7) is 0. The van der Waals surface area contributed by atoms with E-state index >= 15 is 0 Å². The highest BCUT2D eigenvalue weighted by Crippen LogP contribution is 2.28. The molecule has 0 unspecified atom stereocenters. The largest absolute Gasteiger partial charge is 0.477 e. The Bertz CT molecular complexity index is 1100. The van der Waals surface area contributed by atoms with Crippen LogP contribution >= 0.6 is 11.6 Å². The van der Waals surface area contributed by atoms with E-state index in [1.165, 1.54) is 6.20 Å². The molecule has 4 aromatic rings. The van der Waals surface area contributed by atoms with Gasteiger partial charge in [0.2, 0.25) is 0 Å². The van der Waals surface area contributed by atoms with Crippen molar-refractivity contribution in [2.45, 2.75) is 0 Å². The van der Waals surface area contributed by atoms with E-state index in [9.17, 15) is 9.90 Å². The lowest BCUT2D eigenvalue weighted by molar-refractivity contribution is 0.0699. The molecular weight excluding hydrogens is 338 g/mol. The van der Waals surface area contributed by atoms with Crippen LogP contribution in [0.15, 0.2) is 67.0 Å². The fraction of sp³-hybridized carbons (Fsp3) is 0. The zero-order valence-electron chi connectivity index (χ0n) is 12.9. The van der Waals surface area contributed by atoms with Gasteiger partial charge in [-0.1, -0.05) is 41.9 Å². The highest BCUT2D eigenvalue weighted by molar-refractivity contribution is 6.30. The minimum Gasteiger partial charge on any atom is -0.477 e. The summed E-state index contributed by atoms with van der Waals surface area (Å²) >= 11 is 6.08. The average molecular weight is 350 g/mol. The van der Waals surface area contributed by atoms with Crippen LogP contribution in [-0.2, 0) is 0 Å². The monoisotopic (exact) mass is 349 g/mol. The molecule has 2 aromatic heterocycles. The van der Waals surface area contributed by atoms with Crippen molar-refractivity contribution in [2.24, 2.45) is 0 Å². The molecule has 0 aliphatic rings. The van der Waals surface area contributed by atoms with Crippen molar-refractivity contribution in [1.82, 2.24) is 14.6 Å². The fourth-order valence-corrected chi connectivity index (χ4v) is 2.98. The summed E-state index contributed by atoms with van der Waals surface area (Å²) in [6, 6.07) is 17.3. The standard InChI is InChI=1S/C19H12ClN3O2/c20-15-6-2-4-13(10-15)12-3-1-5-14(9-12)17-7-8-21-18-16(19(24)25)11-22-23(17)18/h1-11H,(H,24,25). The second-order valence-electron chi connectivity index (χ2n) is 5.52. The smallest absolute Gasteiger partial charge is 0.341 e. The number of carbonyl (C=O) groups is 1. The van der Waals surface area contributed by atoms with Gasteiger partial charge in [-0.2, -0.15) is 5.10 Å². The highest BCUT2D eigenvalue weighted by Gasteiger charge is 2.15. The summed E-state index contributed by atoms with van der Waals surface area (Å²) in [5.41, 5.74) is 4.08. The Labute approximate surface area is 148 Å². The van der Waals surface area contributed by atoms with Gasteiger partial charge < -0.3 is 5.11 Å². The number of rotatable bonds is 3. The maximum Gasteiger partial charge on any atom is 0.341 e. The Morgan fingerprint density at radius 3 is 2.48 bits per heavy atom. The zero-order chi connectivity index (χ0) is 17.4. The van der Waals surface area contributed by atoms with Gasteiger partial charge in [-0.05, 0) is 35.4 Å². The maximum atomic E-state index is 11.3. The van der Waals surface area contributed by atoms with Crippen LogP contribution in [0.25, 0.3) is 28.0 Å². The summed E-state index contributed by atoms with van der Waals surface area (Å²) in [4.78, 5) is 15.4. The molecule has 0 amide bonds. The highest BCUT2D eigenvalue weighted by atomic mass is 35.5. The Morgan fingerprint density at radius 1 is 1.00 bits per heavy atom. The third-order valence-corrected chi connectivity index (χ3v) is 4.18. The molecule has 0 atom stereocenters. The molecule has 0 aliphatic heterocycles. The van der Waals surface area contributed by atoms with Gasteiger partial charge in [0.05, 0.1) is 11.9 Å². The normalized spacial score (nSPS) is 10.9. The first-order valence-corrected chi connectivity index (χ1v) is 7.94. The molecule has 0 saturated heterocycles. The van der Waals surface area contributed by atoms with Gasteiger partial charge in [-0.3, -0.25) is 0 Å². The molecule has 6 heteroatoms. The number of carboxylic acid groups (broad SMARTS) is 1. The van der Waals surface area contributed by atoms with Crippen LogP contribution in [0, 0.1) is 0 Å². The van der Waals surface area contributed by atoms with E-state index in [2.05, 4.69) is 10.1 Å². The van der Waals surface area contributed by atoms with Crippen molar-refractivity contribution in [3.8, 4) is 22.4 Å². The Hall–Kier alpha value is -3.18. The van der Waals surface area contributed by atoms with Crippen molar-refractivity contribution in [1.29, 1.82) is 0 Å². The fourth-order valence-electron chi connectivity index (χ4n) is 2.79. The van der Waals surface area contributed by atoms with E-state index < -0.39 is 5.97 Å². The van der Waals surface area contributed by atoms with Crippen LogP contribution in [0.1, 0.15) is 10.4 Å². The van der Waals surface area contributed by atoms with Gasteiger partial charge in [0, 0.05) is 16.8 Å². The predicted octanol–water partition coefficient (Wildman–Crippen LogP) is 4.41. The minimum atomic E-state index is -1.05. The summed E-state index contributed by atoms with van der Waals surface area (Å²) in [6.07, 6.45) is 2.90. The van der Waals surface area contributed by atoms with Gasteiger partial charge >= 0.3 is 5.97 Å². The number of fused-ring (bicyclic) bond motifs is 1. The summed E-state index contributed by atoms with van der Waals surface area (Å²) in [5, 5.41) is 14.1. The third kappa shape index (κ3) is 2.75. The van der Waals surface area contributed by atoms with Gasteiger partial charge in [0.15, 0.2) is 5.65 Å². The lowest BCUT2D eigenvalue weighted by atomic mass is 10.0. The van der Waals surface area contributed by atoms with Crippen molar-refractivity contribution in [2.75, 3.05) is 0 Å². The van der Waals surface area contributed by atoms with Crippen molar-refractivity contribution in [3.63, 3.8) is 0 Å². The first kappa shape index (κ1) is 15.4. The minimum absolute atomic E-state index is 0.0767. The molecular formula is C19H12ClN3O2. The van der Waals surface area contributed by atoms with Crippen LogP contribution in [0.3, 0.4) is 0 Å². The maximum absolute atomic E-state index is 11.3. The topological polar surface area (TPSA) is 67.5 Å². The van der Waals surface area contributed by atoms with Gasteiger partial charge in [-0.25, -0.2) is 14.3 Å². The molecule has 0 spiro atoms. The molecule has 0 radical (unpaired) electrons. The Morgan fingerprint density at radius 2 is 1.72 bits per heavy atom. The first-order valence-electron chi connectivity index (χ1n) is 7.56. The molecule has 0 saturated carbocycles. The molecule has 2 heterocycles. The number of carboxylic acids is 1. The molecule has 5 nitrogen and oxygen atoms in total. The van der Waals surface area contributed by atoms with Crippen LogP contribution in [0.5, 0.6) is 0 Å². The Balaban J connectivity index is 1.87. The van der Waals surface area contributed by atoms with Crippen molar-refractivity contribution < 1.29 is 9.90 Å². The van der Waals surface area contributed by atoms with Crippen molar-refractivity contribution >= 4 is 23.2 Å². The zero-order valence-corrected chi connectivity index (χ0v) is 13.7. The van der Waals surface area contributed by atoms with E-state index in [0.717, 1.165) is 22.4 Å². The number of nitrogens with zero attached hydrogens (tertiary/aromatic N) is 3. The number of hydrogen-bond donors (Lipinski definition) is 1. The number of benzene rings is 2. The molecule has 0 bridgehead atoms.